The van der Waals surface area contributed by atoms with Crippen molar-refractivity contribution >= 4 is 22.9 Å². The highest BCUT2D eigenvalue weighted by Crippen LogP contribution is 2.21. The molecule has 6 heteroatoms. The maximum absolute atomic E-state index is 12.8. The molecule has 0 saturated heterocycles. The first kappa shape index (κ1) is 14.4. The second-order valence-electron chi connectivity index (χ2n) is 4.07. The summed E-state index contributed by atoms with van der Waals surface area (Å²) in [6.07, 6.45) is 1.22. The van der Waals surface area contributed by atoms with E-state index >= 15 is 0 Å². The number of aromatic nitrogens is 1. The van der Waals surface area contributed by atoms with Gasteiger partial charge in [0.1, 0.15) is 22.6 Å². The maximum Gasteiger partial charge on any atom is 0.275 e. The number of anilines is 1. The van der Waals surface area contributed by atoms with E-state index in [1.165, 1.54) is 35.6 Å². The third kappa shape index (κ3) is 3.49. The van der Waals surface area contributed by atoms with Crippen LogP contribution in [-0.2, 0) is 0 Å². The van der Waals surface area contributed by atoms with Crippen LogP contribution < -0.4 is 5.32 Å². The fraction of sp³-hybridized carbons (Fsp3) is 0.143. The average Bonchev–Trinajstić information content (AvgIpc) is 2.91. The first-order valence-electron chi connectivity index (χ1n) is 5.91. The first-order valence-corrected chi connectivity index (χ1v) is 6.79. The van der Waals surface area contributed by atoms with Crippen molar-refractivity contribution in [1.82, 2.24) is 4.98 Å². The number of carbonyl (C=O) groups is 1. The lowest BCUT2D eigenvalue weighted by Gasteiger charge is -2.03. The number of rotatable bonds is 5. The minimum atomic E-state index is -0.745. The summed E-state index contributed by atoms with van der Waals surface area (Å²) in [5.41, 5.74) is 0.704. The van der Waals surface area contributed by atoms with E-state index in [4.69, 9.17) is 0 Å². The molecule has 2 aromatic rings. The molecule has 0 spiro atoms. The molecule has 0 fully saturated rings. The molecule has 104 valence electrons. The molecule has 0 bridgehead atoms. The molecule has 1 amide bonds. The second-order valence-corrected chi connectivity index (χ2v) is 4.96. The maximum atomic E-state index is 12.8. The van der Waals surface area contributed by atoms with E-state index in [0.717, 1.165) is 0 Å². The van der Waals surface area contributed by atoms with Crippen molar-refractivity contribution in [2.45, 2.75) is 12.5 Å². The van der Waals surface area contributed by atoms with Gasteiger partial charge in [0.15, 0.2) is 0 Å². The highest BCUT2D eigenvalue weighted by molar-refractivity contribution is 7.09. The summed E-state index contributed by atoms with van der Waals surface area (Å²) >= 11 is 1.21. The van der Waals surface area contributed by atoms with Crippen LogP contribution in [0.1, 0.15) is 28.0 Å². The smallest absolute Gasteiger partial charge is 0.275 e. The fourth-order valence-corrected chi connectivity index (χ4v) is 2.33. The number of nitrogens with one attached hydrogen (secondary N) is 1. The lowest BCUT2D eigenvalue weighted by atomic mass is 10.2. The summed E-state index contributed by atoms with van der Waals surface area (Å²) in [7, 11) is 0. The van der Waals surface area contributed by atoms with E-state index in [0.29, 0.717) is 17.1 Å². The number of hydrogen-bond acceptors (Lipinski definition) is 4. The molecule has 20 heavy (non-hydrogen) atoms. The summed E-state index contributed by atoms with van der Waals surface area (Å²) in [6.45, 7) is 3.54. The Labute approximate surface area is 119 Å². The van der Waals surface area contributed by atoms with E-state index in [2.05, 4.69) is 16.9 Å². The van der Waals surface area contributed by atoms with Gasteiger partial charge in [-0.1, -0.05) is 6.08 Å². The van der Waals surface area contributed by atoms with Crippen LogP contribution in [0.25, 0.3) is 0 Å². The fourth-order valence-electron chi connectivity index (χ4n) is 1.53. The number of halogens is 1. The number of benzene rings is 1. The first-order chi connectivity index (χ1) is 9.60. The van der Waals surface area contributed by atoms with Crippen LogP contribution in [0.5, 0.6) is 0 Å². The number of aliphatic hydroxyl groups excluding tert-OH is 1. The Morgan fingerprint density at radius 3 is 2.85 bits per heavy atom. The normalized spacial score (nSPS) is 11.9. The van der Waals surface area contributed by atoms with Gasteiger partial charge in [0, 0.05) is 11.1 Å². The van der Waals surface area contributed by atoms with Crippen LogP contribution in [0.3, 0.4) is 0 Å². The van der Waals surface area contributed by atoms with Gasteiger partial charge in [-0.05, 0) is 30.7 Å². The quantitative estimate of drug-likeness (QED) is 0.832. The van der Waals surface area contributed by atoms with Crippen LogP contribution in [0.15, 0.2) is 42.3 Å². The van der Waals surface area contributed by atoms with Crippen molar-refractivity contribution in [3.05, 3.63) is 58.8 Å². The molecule has 0 aliphatic rings. The minimum Gasteiger partial charge on any atom is -0.386 e. The Bertz CT molecular complexity index is 610. The van der Waals surface area contributed by atoms with Crippen LogP contribution in [-0.4, -0.2) is 16.0 Å². The van der Waals surface area contributed by atoms with Gasteiger partial charge in [0.05, 0.1) is 0 Å². The van der Waals surface area contributed by atoms with E-state index in [1.807, 2.05) is 0 Å². The molecule has 1 heterocycles. The van der Waals surface area contributed by atoms with Crippen molar-refractivity contribution < 1.29 is 14.3 Å². The van der Waals surface area contributed by atoms with Crippen molar-refractivity contribution in [1.29, 1.82) is 0 Å². The molecule has 2 N–H and O–H groups in total. The van der Waals surface area contributed by atoms with Gasteiger partial charge in [0.25, 0.3) is 5.91 Å². The summed E-state index contributed by atoms with van der Waals surface area (Å²) < 4.78 is 12.8. The van der Waals surface area contributed by atoms with Gasteiger partial charge in [0.2, 0.25) is 0 Å². The summed E-state index contributed by atoms with van der Waals surface area (Å²) in [5, 5.41) is 14.4. The van der Waals surface area contributed by atoms with Crippen molar-refractivity contribution in [3.63, 3.8) is 0 Å². The topological polar surface area (TPSA) is 62.2 Å². The summed E-state index contributed by atoms with van der Waals surface area (Å²) in [5.74, 6) is -0.767. The number of thiazole rings is 1. The molecule has 0 aliphatic heterocycles. The highest BCUT2D eigenvalue weighted by atomic mass is 32.1. The molecule has 1 aromatic carbocycles. The van der Waals surface area contributed by atoms with Gasteiger partial charge in [-0.2, -0.15) is 0 Å². The molecule has 0 saturated carbocycles. The Morgan fingerprint density at radius 1 is 1.50 bits per heavy atom. The monoisotopic (exact) mass is 292 g/mol. The minimum absolute atomic E-state index is 0.220. The number of amides is 1. The predicted molar refractivity (Wildman–Crippen MR) is 76.2 cm³/mol. The molecular formula is C14H13FN2O2S. The third-order valence-corrected chi connectivity index (χ3v) is 3.48. The number of nitrogens with zero attached hydrogens (tertiary/aromatic N) is 1. The largest absolute Gasteiger partial charge is 0.386 e. The lowest BCUT2D eigenvalue weighted by Crippen LogP contribution is -2.12. The van der Waals surface area contributed by atoms with Crippen molar-refractivity contribution in [3.8, 4) is 0 Å². The molecule has 1 atom stereocenters. The zero-order valence-electron chi connectivity index (χ0n) is 10.5. The van der Waals surface area contributed by atoms with Crippen LogP contribution in [0.4, 0.5) is 10.1 Å². The predicted octanol–water partition coefficient (Wildman–Crippen LogP) is 3.14. The Morgan fingerprint density at radius 2 is 2.20 bits per heavy atom. The molecule has 1 aromatic heterocycles. The number of aliphatic hydroxyl groups is 1. The average molecular weight is 292 g/mol. The molecule has 1 unspecified atom stereocenters. The lowest BCUT2D eigenvalue weighted by molar-refractivity contribution is 0.102. The van der Waals surface area contributed by atoms with Gasteiger partial charge in [-0.25, -0.2) is 9.37 Å². The SMILES string of the molecule is C=CCC(O)c1nc(C(=O)Nc2ccc(F)cc2)cs1. The van der Waals surface area contributed by atoms with Gasteiger partial charge >= 0.3 is 0 Å². The van der Waals surface area contributed by atoms with E-state index in [9.17, 15) is 14.3 Å². The molecule has 0 radical (unpaired) electrons. The summed E-state index contributed by atoms with van der Waals surface area (Å²) in [6, 6.07) is 5.45. The van der Waals surface area contributed by atoms with Crippen LogP contribution in [0, 0.1) is 5.82 Å². The van der Waals surface area contributed by atoms with E-state index in [1.54, 1.807) is 11.5 Å². The summed E-state index contributed by atoms with van der Waals surface area (Å²) in [4.78, 5) is 16.0. The zero-order chi connectivity index (χ0) is 14.5. The van der Waals surface area contributed by atoms with Gasteiger partial charge in [-0.3, -0.25) is 4.79 Å². The van der Waals surface area contributed by atoms with Crippen molar-refractivity contribution in [2.75, 3.05) is 5.32 Å². The number of carbonyl (C=O) groups excluding carboxylic acids is 1. The molecule has 4 nitrogen and oxygen atoms in total. The Kier molecular flexibility index (Phi) is 4.60. The third-order valence-electron chi connectivity index (χ3n) is 2.53. The Balaban J connectivity index is 2.06. The van der Waals surface area contributed by atoms with Crippen LogP contribution in [0.2, 0.25) is 0 Å². The number of hydrogen-bond donors (Lipinski definition) is 2. The van der Waals surface area contributed by atoms with Crippen molar-refractivity contribution in [2.24, 2.45) is 0 Å². The van der Waals surface area contributed by atoms with Gasteiger partial charge < -0.3 is 10.4 Å². The second kappa shape index (κ2) is 6.40. The van der Waals surface area contributed by atoms with Crippen LogP contribution >= 0.6 is 11.3 Å². The molecular weight excluding hydrogens is 279 g/mol. The van der Waals surface area contributed by atoms with Gasteiger partial charge in [-0.15, -0.1) is 17.9 Å². The van der Waals surface area contributed by atoms with E-state index < -0.39 is 12.0 Å². The molecule has 0 aliphatic carbocycles. The standard InChI is InChI=1S/C14H13FN2O2S/c1-2-3-12(18)14-17-11(8-20-14)13(19)16-10-6-4-9(15)5-7-10/h2,4-8,12,18H,1,3H2,(H,16,19). The van der Waals surface area contributed by atoms with E-state index in [-0.39, 0.29) is 11.5 Å². The molecule has 2 rings (SSSR count). The Hall–Kier alpha value is -2.05. The highest BCUT2D eigenvalue weighted by Gasteiger charge is 2.15. The zero-order valence-corrected chi connectivity index (χ0v) is 11.4.